The van der Waals surface area contributed by atoms with E-state index in [4.69, 9.17) is 10.9 Å². The molecule has 10 heteroatoms. The van der Waals surface area contributed by atoms with Crippen LogP contribution in [0.15, 0.2) is 11.5 Å². The Bertz CT molecular complexity index is 376. The lowest BCUT2D eigenvalue weighted by molar-refractivity contribution is -0.0328. The van der Waals surface area contributed by atoms with Crippen molar-refractivity contribution in [3.8, 4) is 0 Å². The van der Waals surface area contributed by atoms with Gasteiger partial charge in [0.2, 0.25) is 11.7 Å². The maximum Gasteiger partial charge on any atom is 0.441 e. The summed E-state index contributed by atoms with van der Waals surface area (Å²) in [5, 5.41) is 14.7. The van der Waals surface area contributed by atoms with E-state index in [9.17, 15) is 13.2 Å². The molecule has 0 bridgehead atoms. The Morgan fingerprint density at radius 3 is 2.88 bits per heavy atom. The number of aromatic nitrogens is 3. The topological polar surface area (TPSA) is 89.3 Å². The average molecular weight is 255 g/mol. The Balaban J connectivity index is 2.47. The van der Waals surface area contributed by atoms with Crippen molar-refractivity contribution in [2.24, 2.45) is 10.9 Å². The van der Waals surface area contributed by atoms with E-state index in [1.807, 2.05) is 0 Å². The number of amidine groups is 1. The molecule has 1 aromatic heterocycles. The van der Waals surface area contributed by atoms with Crippen molar-refractivity contribution in [1.29, 1.82) is 0 Å². The van der Waals surface area contributed by atoms with Crippen LogP contribution >= 0.6 is 11.8 Å². The van der Waals surface area contributed by atoms with Crippen molar-refractivity contribution in [1.82, 2.24) is 14.8 Å². The minimum Gasteiger partial charge on any atom is -0.409 e. The number of oxime groups is 1. The molecule has 0 spiro atoms. The zero-order valence-corrected chi connectivity index (χ0v) is 8.66. The number of thioether (sulfide) groups is 1. The maximum absolute atomic E-state index is 11.8. The summed E-state index contributed by atoms with van der Waals surface area (Å²) >= 11 is -0.148. The Morgan fingerprint density at radius 2 is 2.31 bits per heavy atom. The molecule has 6 nitrogen and oxygen atoms in total. The molecule has 0 atom stereocenters. The third kappa shape index (κ3) is 3.96. The second-order valence-corrected chi connectivity index (χ2v) is 3.77. The molecule has 0 aliphatic rings. The van der Waals surface area contributed by atoms with E-state index in [1.165, 1.54) is 11.0 Å². The van der Waals surface area contributed by atoms with Gasteiger partial charge in [-0.1, -0.05) is 5.16 Å². The predicted octanol–water partition coefficient (Wildman–Crippen LogP) is 0.626. The van der Waals surface area contributed by atoms with E-state index in [1.54, 1.807) is 0 Å². The SMILES string of the molecule is NC(=NO)c1ncn(CCSC(F)(F)F)n1. The molecule has 0 radical (unpaired) electrons. The van der Waals surface area contributed by atoms with Crippen LogP contribution in [0.5, 0.6) is 0 Å². The highest BCUT2D eigenvalue weighted by atomic mass is 32.2. The molecule has 0 saturated carbocycles. The molecule has 0 aliphatic carbocycles. The molecule has 0 unspecified atom stereocenters. The van der Waals surface area contributed by atoms with Gasteiger partial charge in [-0.25, -0.2) is 4.98 Å². The van der Waals surface area contributed by atoms with Crippen molar-refractivity contribution in [2.75, 3.05) is 5.75 Å². The molecule has 0 aliphatic heterocycles. The average Bonchev–Trinajstić information content (AvgIpc) is 2.63. The van der Waals surface area contributed by atoms with Crippen molar-refractivity contribution in [3.63, 3.8) is 0 Å². The van der Waals surface area contributed by atoms with Gasteiger partial charge >= 0.3 is 5.51 Å². The monoisotopic (exact) mass is 255 g/mol. The second-order valence-electron chi connectivity index (χ2n) is 2.61. The fourth-order valence-electron chi connectivity index (χ4n) is 0.819. The van der Waals surface area contributed by atoms with Crippen LogP contribution in [0.4, 0.5) is 13.2 Å². The largest absolute Gasteiger partial charge is 0.441 e. The van der Waals surface area contributed by atoms with Gasteiger partial charge in [0.05, 0.1) is 6.54 Å². The summed E-state index contributed by atoms with van der Waals surface area (Å²) in [6.45, 7) is 0.0376. The molecule has 0 amide bonds. The highest BCUT2D eigenvalue weighted by Crippen LogP contribution is 2.29. The van der Waals surface area contributed by atoms with Crippen LogP contribution in [-0.2, 0) is 6.54 Å². The lowest BCUT2D eigenvalue weighted by atomic mass is 10.6. The van der Waals surface area contributed by atoms with E-state index in [-0.39, 0.29) is 35.7 Å². The first-order chi connectivity index (χ1) is 7.42. The number of rotatable bonds is 4. The summed E-state index contributed by atoms with van der Waals surface area (Å²) in [5.74, 6) is -0.496. The lowest BCUT2D eigenvalue weighted by Gasteiger charge is -2.04. The van der Waals surface area contributed by atoms with Crippen LogP contribution in [-0.4, -0.2) is 37.1 Å². The molecule has 0 aromatic carbocycles. The molecular formula is C6H8F3N5OS. The molecule has 1 rings (SSSR count). The fraction of sp³-hybridized carbons (Fsp3) is 0.500. The molecule has 1 aromatic rings. The van der Waals surface area contributed by atoms with Crippen LogP contribution < -0.4 is 5.73 Å². The van der Waals surface area contributed by atoms with Crippen LogP contribution in [0.2, 0.25) is 0 Å². The van der Waals surface area contributed by atoms with E-state index in [0.717, 1.165) is 0 Å². The molecule has 1 heterocycles. The first-order valence-electron chi connectivity index (χ1n) is 4.00. The number of nitrogens with zero attached hydrogens (tertiary/aromatic N) is 4. The van der Waals surface area contributed by atoms with Crippen LogP contribution in [0.25, 0.3) is 0 Å². The normalized spacial score (nSPS) is 13.1. The van der Waals surface area contributed by atoms with Gasteiger partial charge in [0.1, 0.15) is 6.33 Å². The second kappa shape index (κ2) is 5.05. The Labute approximate surface area is 92.3 Å². The highest BCUT2D eigenvalue weighted by molar-refractivity contribution is 8.00. The van der Waals surface area contributed by atoms with Crippen LogP contribution in [0, 0.1) is 0 Å². The van der Waals surface area contributed by atoms with Crippen molar-refractivity contribution < 1.29 is 18.4 Å². The van der Waals surface area contributed by atoms with Crippen molar-refractivity contribution in [2.45, 2.75) is 12.1 Å². The number of alkyl halides is 3. The van der Waals surface area contributed by atoms with Crippen molar-refractivity contribution >= 4 is 17.6 Å². The summed E-state index contributed by atoms with van der Waals surface area (Å²) in [5.41, 5.74) is 0.927. The number of hydrogen-bond donors (Lipinski definition) is 2. The molecule has 0 fully saturated rings. The minimum absolute atomic E-state index is 0.0282. The molecular weight excluding hydrogens is 247 g/mol. The third-order valence-electron chi connectivity index (χ3n) is 1.46. The van der Waals surface area contributed by atoms with Crippen LogP contribution in [0.3, 0.4) is 0 Å². The van der Waals surface area contributed by atoms with E-state index in [2.05, 4.69) is 15.2 Å². The van der Waals surface area contributed by atoms with Gasteiger partial charge in [-0.3, -0.25) is 4.68 Å². The van der Waals surface area contributed by atoms with E-state index < -0.39 is 5.51 Å². The van der Waals surface area contributed by atoms with Gasteiger partial charge in [0.25, 0.3) is 0 Å². The zero-order chi connectivity index (χ0) is 12.2. The summed E-state index contributed by atoms with van der Waals surface area (Å²) in [4.78, 5) is 3.65. The van der Waals surface area contributed by atoms with E-state index >= 15 is 0 Å². The fourth-order valence-corrected chi connectivity index (χ4v) is 1.33. The van der Waals surface area contributed by atoms with Gasteiger partial charge in [-0.05, 0) is 11.8 Å². The number of halogens is 3. The molecule has 16 heavy (non-hydrogen) atoms. The summed E-state index contributed by atoms with van der Waals surface area (Å²) in [6, 6.07) is 0. The number of nitrogens with two attached hydrogens (primary N) is 1. The Kier molecular flexibility index (Phi) is 3.99. The lowest BCUT2D eigenvalue weighted by Crippen LogP contribution is -2.16. The minimum atomic E-state index is -4.25. The van der Waals surface area contributed by atoms with E-state index in [0.29, 0.717) is 0 Å². The van der Waals surface area contributed by atoms with Gasteiger partial charge in [-0.15, -0.1) is 5.10 Å². The zero-order valence-electron chi connectivity index (χ0n) is 7.85. The van der Waals surface area contributed by atoms with Gasteiger partial charge in [-0.2, -0.15) is 13.2 Å². The quantitative estimate of drug-likeness (QED) is 0.356. The first-order valence-corrected chi connectivity index (χ1v) is 4.99. The number of hydrogen-bond acceptors (Lipinski definition) is 5. The first kappa shape index (κ1) is 12.6. The van der Waals surface area contributed by atoms with Gasteiger partial charge in [0.15, 0.2) is 0 Å². The standard InChI is InChI=1S/C6H8F3N5OS/c7-6(8,9)16-2-1-14-3-11-5(12-14)4(10)13-15/h3,15H,1-2H2,(H2,10,13). The maximum atomic E-state index is 11.8. The smallest absolute Gasteiger partial charge is 0.409 e. The molecule has 3 N–H and O–H groups in total. The number of aryl methyl sites for hydroxylation is 1. The van der Waals surface area contributed by atoms with Gasteiger partial charge in [0, 0.05) is 5.75 Å². The van der Waals surface area contributed by atoms with Crippen LogP contribution in [0.1, 0.15) is 5.82 Å². The highest BCUT2D eigenvalue weighted by Gasteiger charge is 2.27. The summed E-state index contributed by atoms with van der Waals surface area (Å²) in [6.07, 6.45) is 1.21. The predicted molar refractivity (Wildman–Crippen MR) is 51.0 cm³/mol. The summed E-state index contributed by atoms with van der Waals surface area (Å²) in [7, 11) is 0. The Morgan fingerprint density at radius 1 is 1.62 bits per heavy atom. The summed E-state index contributed by atoms with van der Waals surface area (Å²) < 4.78 is 36.6. The van der Waals surface area contributed by atoms with Gasteiger partial charge < -0.3 is 10.9 Å². The molecule has 90 valence electrons. The Hall–Kier alpha value is -1.45. The third-order valence-corrected chi connectivity index (χ3v) is 2.17. The molecule has 0 saturated heterocycles. The van der Waals surface area contributed by atoms with Crippen molar-refractivity contribution in [3.05, 3.63) is 12.2 Å².